The maximum absolute atomic E-state index is 5.73. The van der Waals surface area contributed by atoms with Crippen LogP contribution in [0.4, 0.5) is 0 Å². The molecule has 0 atom stereocenters. The van der Waals surface area contributed by atoms with Crippen LogP contribution in [0.15, 0.2) is 21.1 Å². The molecule has 1 nitrogen and oxygen atoms in total. The van der Waals surface area contributed by atoms with Crippen molar-refractivity contribution in [1.29, 1.82) is 0 Å². The summed E-state index contributed by atoms with van der Waals surface area (Å²) in [5.41, 5.74) is 1.02. The number of hydrogen-bond donors (Lipinski definition) is 0. The Balaban J connectivity index is 3.22. The largest absolute Gasteiger partial charge is 0.496 e. The first-order chi connectivity index (χ1) is 5.69. The molecule has 0 heterocycles. The van der Waals surface area contributed by atoms with Gasteiger partial charge in [0.1, 0.15) is 5.75 Å². The van der Waals surface area contributed by atoms with Gasteiger partial charge in [0.2, 0.25) is 0 Å². The minimum atomic E-state index is 0.469. The molecule has 1 aromatic rings. The van der Waals surface area contributed by atoms with Gasteiger partial charge in [-0.15, -0.1) is 11.6 Å². The van der Waals surface area contributed by atoms with E-state index in [9.17, 15) is 0 Å². The van der Waals surface area contributed by atoms with Gasteiger partial charge >= 0.3 is 0 Å². The summed E-state index contributed by atoms with van der Waals surface area (Å²) in [6.45, 7) is 0. The van der Waals surface area contributed by atoms with E-state index >= 15 is 0 Å². The van der Waals surface area contributed by atoms with Crippen LogP contribution in [0, 0.1) is 0 Å². The van der Waals surface area contributed by atoms with Crippen LogP contribution in [0.2, 0.25) is 0 Å². The maximum Gasteiger partial charge on any atom is 0.134 e. The fourth-order valence-electron chi connectivity index (χ4n) is 0.864. The van der Waals surface area contributed by atoms with Crippen LogP contribution < -0.4 is 4.74 Å². The van der Waals surface area contributed by atoms with Crippen molar-refractivity contribution in [2.75, 3.05) is 7.11 Å². The molecule has 0 saturated carbocycles. The molecule has 0 aromatic heterocycles. The summed E-state index contributed by atoms with van der Waals surface area (Å²) >= 11 is 12.5. The van der Waals surface area contributed by atoms with Crippen molar-refractivity contribution in [3.63, 3.8) is 0 Å². The first kappa shape index (κ1) is 10.4. The minimum absolute atomic E-state index is 0.469. The molecule has 0 saturated heterocycles. The molecule has 0 amide bonds. The monoisotopic (exact) mass is 312 g/mol. The third kappa shape index (κ3) is 2.15. The Bertz CT molecular complexity index is 263. The van der Waals surface area contributed by atoms with Gasteiger partial charge in [0.15, 0.2) is 0 Å². The highest BCUT2D eigenvalue weighted by molar-refractivity contribution is 9.11. The Kier molecular flexibility index (Phi) is 3.87. The first-order valence-corrected chi connectivity index (χ1v) is 5.39. The quantitative estimate of drug-likeness (QED) is 0.751. The molecular formula is C8H7Br2ClO. The lowest BCUT2D eigenvalue weighted by molar-refractivity contribution is 0.411. The SMILES string of the molecule is COc1cc(Br)cc(CCl)c1Br. The number of ether oxygens (including phenoxy) is 1. The van der Waals surface area contributed by atoms with Crippen LogP contribution in [-0.2, 0) is 5.88 Å². The molecule has 4 heteroatoms. The van der Waals surface area contributed by atoms with Crippen molar-refractivity contribution in [3.05, 3.63) is 26.6 Å². The predicted octanol–water partition coefficient (Wildman–Crippen LogP) is 3.96. The smallest absolute Gasteiger partial charge is 0.134 e. The molecule has 0 bridgehead atoms. The number of alkyl halides is 1. The molecule has 1 aromatic carbocycles. The molecule has 0 radical (unpaired) electrons. The Morgan fingerprint density at radius 1 is 1.42 bits per heavy atom. The molecule has 0 aliphatic rings. The van der Waals surface area contributed by atoms with Crippen LogP contribution in [0.25, 0.3) is 0 Å². The average Bonchev–Trinajstić information content (AvgIpc) is 2.08. The fourth-order valence-corrected chi connectivity index (χ4v) is 2.25. The predicted molar refractivity (Wildman–Crippen MR) is 58.0 cm³/mol. The van der Waals surface area contributed by atoms with E-state index in [4.69, 9.17) is 16.3 Å². The van der Waals surface area contributed by atoms with E-state index < -0.39 is 0 Å². The Morgan fingerprint density at radius 3 is 2.58 bits per heavy atom. The van der Waals surface area contributed by atoms with E-state index in [0.717, 1.165) is 20.3 Å². The standard InChI is InChI=1S/C8H7Br2ClO/c1-12-7-3-6(9)2-5(4-11)8(7)10/h2-3H,4H2,1H3. The Morgan fingerprint density at radius 2 is 2.08 bits per heavy atom. The Hall–Kier alpha value is 0.270. The lowest BCUT2D eigenvalue weighted by atomic mass is 10.2. The lowest BCUT2D eigenvalue weighted by Crippen LogP contribution is -1.88. The van der Waals surface area contributed by atoms with Crippen molar-refractivity contribution in [2.45, 2.75) is 5.88 Å². The van der Waals surface area contributed by atoms with Crippen molar-refractivity contribution < 1.29 is 4.74 Å². The molecular weight excluding hydrogens is 307 g/mol. The van der Waals surface area contributed by atoms with Crippen molar-refractivity contribution >= 4 is 43.5 Å². The molecule has 0 spiro atoms. The Labute approximate surface area is 93.3 Å². The van der Waals surface area contributed by atoms with Crippen LogP contribution in [-0.4, -0.2) is 7.11 Å². The van der Waals surface area contributed by atoms with Gasteiger partial charge in [-0.2, -0.15) is 0 Å². The van der Waals surface area contributed by atoms with Gasteiger partial charge < -0.3 is 4.74 Å². The van der Waals surface area contributed by atoms with E-state index in [0.29, 0.717) is 5.88 Å². The van der Waals surface area contributed by atoms with Crippen molar-refractivity contribution in [2.24, 2.45) is 0 Å². The zero-order chi connectivity index (χ0) is 9.14. The zero-order valence-corrected chi connectivity index (χ0v) is 10.3. The number of halogens is 3. The summed E-state index contributed by atoms with van der Waals surface area (Å²) in [6.07, 6.45) is 0. The second kappa shape index (κ2) is 4.49. The number of methoxy groups -OCH3 is 1. The average molecular weight is 314 g/mol. The number of rotatable bonds is 2. The van der Waals surface area contributed by atoms with Crippen LogP contribution in [0.3, 0.4) is 0 Å². The lowest BCUT2D eigenvalue weighted by Gasteiger charge is -2.07. The van der Waals surface area contributed by atoms with Gasteiger partial charge in [-0.05, 0) is 33.6 Å². The first-order valence-electron chi connectivity index (χ1n) is 3.27. The van der Waals surface area contributed by atoms with Crippen molar-refractivity contribution in [3.8, 4) is 5.75 Å². The molecule has 1 rings (SSSR count). The molecule has 66 valence electrons. The molecule has 0 unspecified atom stereocenters. The zero-order valence-electron chi connectivity index (χ0n) is 6.40. The van der Waals surface area contributed by atoms with Gasteiger partial charge in [-0.3, -0.25) is 0 Å². The van der Waals surface area contributed by atoms with E-state index in [2.05, 4.69) is 31.9 Å². The number of benzene rings is 1. The van der Waals surface area contributed by atoms with Gasteiger partial charge in [0.05, 0.1) is 11.6 Å². The second-order valence-electron chi connectivity index (χ2n) is 2.21. The highest BCUT2D eigenvalue weighted by Crippen LogP contribution is 2.33. The van der Waals surface area contributed by atoms with E-state index in [1.807, 2.05) is 12.1 Å². The summed E-state index contributed by atoms with van der Waals surface area (Å²) in [7, 11) is 1.63. The molecule has 12 heavy (non-hydrogen) atoms. The van der Waals surface area contributed by atoms with E-state index in [-0.39, 0.29) is 0 Å². The van der Waals surface area contributed by atoms with Gasteiger partial charge in [0, 0.05) is 10.4 Å². The molecule has 0 aliphatic carbocycles. The van der Waals surface area contributed by atoms with E-state index in [1.54, 1.807) is 7.11 Å². The van der Waals surface area contributed by atoms with Crippen LogP contribution >= 0.6 is 43.5 Å². The number of hydrogen-bond acceptors (Lipinski definition) is 1. The highest BCUT2D eigenvalue weighted by atomic mass is 79.9. The second-order valence-corrected chi connectivity index (χ2v) is 4.19. The van der Waals surface area contributed by atoms with Gasteiger partial charge in [-0.1, -0.05) is 15.9 Å². The fraction of sp³-hybridized carbons (Fsp3) is 0.250. The summed E-state index contributed by atoms with van der Waals surface area (Å²) in [4.78, 5) is 0. The molecule has 0 N–H and O–H groups in total. The van der Waals surface area contributed by atoms with Gasteiger partial charge in [-0.25, -0.2) is 0 Å². The summed E-state index contributed by atoms with van der Waals surface area (Å²) < 4.78 is 7.02. The third-order valence-corrected chi connectivity index (χ3v) is 3.09. The molecule has 0 aliphatic heterocycles. The highest BCUT2D eigenvalue weighted by Gasteiger charge is 2.06. The maximum atomic E-state index is 5.73. The summed E-state index contributed by atoms with van der Waals surface area (Å²) in [5.74, 6) is 1.26. The van der Waals surface area contributed by atoms with E-state index in [1.165, 1.54) is 0 Å². The summed E-state index contributed by atoms with van der Waals surface area (Å²) in [5, 5.41) is 0. The normalized spacial score (nSPS) is 10.0. The summed E-state index contributed by atoms with van der Waals surface area (Å²) in [6, 6.07) is 3.85. The van der Waals surface area contributed by atoms with Crippen LogP contribution in [0.5, 0.6) is 5.75 Å². The van der Waals surface area contributed by atoms with Crippen molar-refractivity contribution in [1.82, 2.24) is 0 Å². The van der Waals surface area contributed by atoms with Crippen LogP contribution in [0.1, 0.15) is 5.56 Å². The third-order valence-electron chi connectivity index (χ3n) is 1.44. The minimum Gasteiger partial charge on any atom is -0.496 e. The molecule has 0 fully saturated rings. The topological polar surface area (TPSA) is 9.23 Å². The van der Waals surface area contributed by atoms with Gasteiger partial charge in [0.25, 0.3) is 0 Å².